The number of aromatic nitrogens is 2. The molecule has 1 atom stereocenters. The van der Waals surface area contributed by atoms with E-state index in [1.807, 2.05) is 19.1 Å². The molecule has 1 aromatic heterocycles. The summed E-state index contributed by atoms with van der Waals surface area (Å²) in [6.07, 6.45) is 0. The van der Waals surface area contributed by atoms with Crippen LogP contribution >= 0.6 is 23.4 Å². The van der Waals surface area contributed by atoms with Gasteiger partial charge in [0.2, 0.25) is 5.91 Å². The maximum absolute atomic E-state index is 13.1. The minimum Gasteiger partial charge on any atom is -0.355 e. The highest BCUT2D eigenvalue weighted by Crippen LogP contribution is 2.25. The summed E-state index contributed by atoms with van der Waals surface area (Å²) in [5, 5.41) is 3.98. The second-order valence-corrected chi connectivity index (χ2v) is 7.43. The number of hydrogen-bond acceptors (Lipinski definition) is 4. The summed E-state index contributed by atoms with van der Waals surface area (Å²) < 4.78 is 1.53. The lowest BCUT2D eigenvalue weighted by Gasteiger charge is -2.16. The molecular formula is C19H18ClN3O2S. The van der Waals surface area contributed by atoms with Gasteiger partial charge >= 0.3 is 0 Å². The van der Waals surface area contributed by atoms with E-state index in [9.17, 15) is 9.59 Å². The number of benzene rings is 2. The Bertz CT molecular complexity index is 1000. The summed E-state index contributed by atoms with van der Waals surface area (Å²) in [7, 11) is 0. The summed E-state index contributed by atoms with van der Waals surface area (Å²) >= 11 is 7.23. The van der Waals surface area contributed by atoms with Gasteiger partial charge in [-0.2, -0.15) is 0 Å². The van der Waals surface area contributed by atoms with Crippen molar-refractivity contribution in [2.45, 2.75) is 24.3 Å². The summed E-state index contributed by atoms with van der Waals surface area (Å²) in [6, 6.07) is 14.2. The fourth-order valence-corrected chi connectivity index (χ4v) is 3.62. The highest BCUT2D eigenvalue weighted by Gasteiger charge is 2.19. The molecule has 0 aliphatic heterocycles. The van der Waals surface area contributed by atoms with Gasteiger partial charge in [0.25, 0.3) is 5.56 Å². The smallest absolute Gasteiger partial charge is 0.266 e. The maximum atomic E-state index is 13.1. The SMILES string of the molecule is CCNC(=O)[C@H](C)Sc1nc2ccccc2c(=O)n1-c1ccc(Cl)cc1. The largest absolute Gasteiger partial charge is 0.355 e. The third kappa shape index (κ3) is 3.76. The number of rotatable bonds is 5. The zero-order chi connectivity index (χ0) is 18.7. The van der Waals surface area contributed by atoms with Crippen LogP contribution in [0, 0.1) is 0 Å². The van der Waals surface area contributed by atoms with Gasteiger partial charge in [-0.05, 0) is 50.2 Å². The van der Waals surface area contributed by atoms with Crippen LogP contribution in [0.5, 0.6) is 0 Å². The molecule has 3 rings (SSSR count). The van der Waals surface area contributed by atoms with E-state index in [0.717, 1.165) is 0 Å². The Morgan fingerprint density at radius 3 is 2.62 bits per heavy atom. The number of hydrogen-bond donors (Lipinski definition) is 1. The van der Waals surface area contributed by atoms with Gasteiger partial charge in [0, 0.05) is 11.6 Å². The standard InChI is InChI=1S/C19H18ClN3O2S/c1-3-21-17(24)12(2)26-19-22-16-7-5-4-6-15(16)18(25)23(19)14-10-8-13(20)9-11-14/h4-12H,3H2,1-2H3,(H,21,24)/t12-/m0/s1. The van der Waals surface area contributed by atoms with Crippen LogP contribution < -0.4 is 10.9 Å². The fourth-order valence-electron chi connectivity index (χ4n) is 2.54. The lowest BCUT2D eigenvalue weighted by atomic mass is 10.2. The van der Waals surface area contributed by atoms with Crippen molar-refractivity contribution < 1.29 is 4.79 Å². The van der Waals surface area contributed by atoms with E-state index in [-0.39, 0.29) is 16.7 Å². The van der Waals surface area contributed by atoms with Gasteiger partial charge in [0.1, 0.15) is 0 Å². The van der Waals surface area contributed by atoms with Crippen LogP contribution in [0.2, 0.25) is 5.02 Å². The molecule has 0 bridgehead atoms. The molecule has 0 aliphatic carbocycles. The lowest BCUT2D eigenvalue weighted by Crippen LogP contribution is -2.31. The summed E-state index contributed by atoms with van der Waals surface area (Å²) in [5.74, 6) is -0.0948. The predicted octanol–water partition coefficient (Wildman–Crippen LogP) is 3.66. The van der Waals surface area contributed by atoms with Gasteiger partial charge in [-0.25, -0.2) is 4.98 Å². The Hall–Kier alpha value is -2.31. The highest BCUT2D eigenvalue weighted by atomic mass is 35.5. The van der Waals surface area contributed by atoms with Gasteiger partial charge in [-0.1, -0.05) is 35.5 Å². The first kappa shape index (κ1) is 18.5. The van der Waals surface area contributed by atoms with Gasteiger partial charge in [-0.3, -0.25) is 14.2 Å². The van der Waals surface area contributed by atoms with E-state index in [2.05, 4.69) is 10.3 Å². The Morgan fingerprint density at radius 1 is 1.23 bits per heavy atom. The van der Waals surface area contributed by atoms with E-state index in [0.29, 0.717) is 33.3 Å². The van der Waals surface area contributed by atoms with Gasteiger partial charge in [0.15, 0.2) is 5.16 Å². The molecule has 0 spiro atoms. The van der Waals surface area contributed by atoms with Gasteiger partial charge < -0.3 is 5.32 Å². The molecule has 134 valence electrons. The Balaban J connectivity index is 2.16. The fraction of sp³-hybridized carbons (Fsp3) is 0.211. The first-order valence-electron chi connectivity index (χ1n) is 8.23. The van der Waals surface area contributed by atoms with Crippen molar-refractivity contribution in [3.63, 3.8) is 0 Å². The second kappa shape index (κ2) is 7.93. The van der Waals surface area contributed by atoms with E-state index in [1.54, 1.807) is 43.3 Å². The Morgan fingerprint density at radius 2 is 1.92 bits per heavy atom. The molecule has 1 heterocycles. The van der Waals surface area contributed by atoms with Crippen molar-refractivity contribution >= 4 is 40.2 Å². The number of nitrogens with zero attached hydrogens (tertiary/aromatic N) is 2. The highest BCUT2D eigenvalue weighted by molar-refractivity contribution is 8.00. The average molecular weight is 388 g/mol. The van der Waals surface area contributed by atoms with Crippen LogP contribution in [-0.2, 0) is 4.79 Å². The molecule has 0 aliphatic rings. The monoisotopic (exact) mass is 387 g/mol. The molecule has 1 amide bonds. The number of halogens is 1. The molecule has 0 saturated heterocycles. The van der Waals surface area contributed by atoms with E-state index >= 15 is 0 Å². The Labute approximate surface area is 160 Å². The molecule has 5 nitrogen and oxygen atoms in total. The number of thioether (sulfide) groups is 1. The Kier molecular flexibility index (Phi) is 5.64. The third-order valence-corrected chi connectivity index (χ3v) is 5.14. The molecule has 1 N–H and O–H groups in total. The van der Waals surface area contributed by atoms with Crippen LogP contribution in [0.25, 0.3) is 16.6 Å². The quantitative estimate of drug-likeness (QED) is 0.536. The first-order valence-corrected chi connectivity index (χ1v) is 9.49. The number of carbonyl (C=O) groups is 1. The summed E-state index contributed by atoms with van der Waals surface area (Å²) in [6.45, 7) is 4.22. The number of carbonyl (C=O) groups excluding carboxylic acids is 1. The number of amides is 1. The normalized spacial score (nSPS) is 12.1. The summed E-state index contributed by atoms with van der Waals surface area (Å²) in [4.78, 5) is 29.8. The maximum Gasteiger partial charge on any atom is 0.266 e. The van der Waals surface area contributed by atoms with E-state index < -0.39 is 0 Å². The molecule has 26 heavy (non-hydrogen) atoms. The van der Waals surface area contributed by atoms with Crippen LogP contribution in [0.1, 0.15) is 13.8 Å². The van der Waals surface area contributed by atoms with Crippen molar-refractivity contribution in [2.24, 2.45) is 0 Å². The first-order chi connectivity index (χ1) is 12.5. The zero-order valence-corrected chi connectivity index (χ0v) is 16.0. The molecular weight excluding hydrogens is 370 g/mol. The van der Waals surface area contributed by atoms with Crippen LogP contribution in [0.15, 0.2) is 58.5 Å². The van der Waals surface area contributed by atoms with Crippen molar-refractivity contribution in [2.75, 3.05) is 6.54 Å². The number of fused-ring (bicyclic) bond motifs is 1. The minimum atomic E-state index is -0.387. The predicted molar refractivity (Wildman–Crippen MR) is 106 cm³/mol. The number of para-hydroxylation sites is 1. The molecule has 7 heteroatoms. The molecule has 3 aromatic rings. The van der Waals surface area contributed by atoms with Crippen molar-refractivity contribution in [3.8, 4) is 5.69 Å². The molecule has 0 unspecified atom stereocenters. The van der Waals surface area contributed by atoms with Crippen molar-refractivity contribution in [1.82, 2.24) is 14.9 Å². The number of nitrogens with one attached hydrogen (secondary N) is 1. The minimum absolute atomic E-state index is 0.0948. The lowest BCUT2D eigenvalue weighted by molar-refractivity contribution is -0.120. The average Bonchev–Trinajstić information content (AvgIpc) is 2.63. The second-order valence-electron chi connectivity index (χ2n) is 5.68. The summed E-state index contributed by atoms with van der Waals surface area (Å²) in [5.41, 5.74) is 1.08. The van der Waals surface area contributed by atoms with Crippen LogP contribution in [0.4, 0.5) is 0 Å². The molecule has 2 aromatic carbocycles. The molecule has 0 radical (unpaired) electrons. The van der Waals surface area contributed by atoms with Gasteiger partial charge in [0.05, 0.1) is 21.8 Å². The zero-order valence-electron chi connectivity index (χ0n) is 14.4. The molecule has 0 saturated carbocycles. The topological polar surface area (TPSA) is 64.0 Å². The van der Waals surface area contributed by atoms with E-state index in [4.69, 9.17) is 11.6 Å². The van der Waals surface area contributed by atoms with Crippen molar-refractivity contribution in [3.05, 3.63) is 63.9 Å². The molecule has 0 fully saturated rings. The van der Waals surface area contributed by atoms with Crippen LogP contribution in [-0.4, -0.2) is 27.3 Å². The third-order valence-electron chi connectivity index (χ3n) is 3.83. The van der Waals surface area contributed by atoms with Crippen molar-refractivity contribution in [1.29, 1.82) is 0 Å². The van der Waals surface area contributed by atoms with Crippen LogP contribution in [0.3, 0.4) is 0 Å². The van der Waals surface area contributed by atoms with E-state index in [1.165, 1.54) is 16.3 Å². The van der Waals surface area contributed by atoms with Gasteiger partial charge in [-0.15, -0.1) is 0 Å².